The molecule has 2 unspecified atom stereocenters. The maximum absolute atomic E-state index is 11.7. The van der Waals surface area contributed by atoms with Crippen molar-refractivity contribution in [2.75, 3.05) is 31.9 Å². The van der Waals surface area contributed by atoms with Gasteiger partial charge in [0.2, 0.25) is 0 Å². The molecule has 0 saturated carbocycles. The summed E-state index contributed by atoms with van der Waals surface area (Å²) in [7, 11) is 1.43. The standard InChI is InChI=1S/C17H26N2O3/c1-4-12-22-19(15-8-6-5-7-9-15)16-10-11-18(13-14(16)2)17(20)21-3/h5-9,14,16H,4,10-13H2,1-3H3. The molecular formula is C17H26N2O3. The quantitative estimate of drug-likeness (QED) is 0.783. The number of rotatable bonds is 5. The van der Waals surface area contributed by atoms with Crippen LogP contribution < -0.4 is 5.06 Å². The lowest BCUT2D eigenvalue weighted by Crippen LogP contribution is -2.52. The van der Waals surface area contributed by atoms with Gasteiger partial charge in [0, 0.05) is 13.1 Å². The van der Waals surface area contributed by atoms with Crippen LogP contribution in [-0.4, -0.2) is 43.8 Å². The van der Waals surface area contributed by atoms with Crippen LogP contribution in [0.1, 0.15) is 26.7 Å². The van der Waals surface area contributed by atoms with Crippen LogP contribution in [0.3, 0.4) is 0 Å². The third-order valence-electron chi connectivity index (χ3n) is 4.04. The van der Waals surface area contributed by atoms with Gasteiger partial charge in [-0.1, -0.05) is 32.0 Å². The van der Waals surface area contributed by atoms with Gasteiger partial charge in [0.1, 0.15) is 0 Å². The minimum Gasteiger partial charge on any atom is -0.453 e. The number of hydroxylamine groups is 1. The average Bonchev–Trinajstić information content (AvgIpc) is 2.56. The number of para-hydroxylation sites is 1. The summed E-state index contributed by atoms with van der Waals surface area (Å²) in [5, 5.41) is 2.03. The van der Waals surface area contributed by atoms with E-state index in [0.717, 1.165) is 18.5 Å². The number of likely N-dealkylation sites (tertiary alicyclic amines) is 1. The maximum atomic E-state index is 11.7. The molecule has 1 fully saturated rings. The molecule has 0 aliphatic carbocycles. The molecule has 1 aliphatic heterocycles. The number of carbonyl (C=O) groups is 1. The monoisotopic (exact) mass is 306 g/mol. The summed E-state index contributed by atoms with van der Waals surface area (Å²) >= 11 is 0. The first kappa shape index (κ1) is 16.6. The van der Waals surface area contributed by atoms with Crippen LogP contribution in [-0.2, 0) is 9.57 Å². The molecule has 0 radical (unpaired) electrons. The van der Waals surface area contributed by atoms with E-state index >= 15 is 0 Å². The number of hydrogen-bond acceptors (Lipinski definition) is 4. The van der Waals surface area contributed by atoms with E-state index in [-0.39, 0.29) is 12.1 Å². The summed E-state index contributed by atoms with van der Waals surface area (Å²) in [5.41, 5.74) is 1.07. The van der Waals surface area contributed by atoms with Crippen molar-refractivity contribution in [1.29, 1.82) is 0 Å². The third kappa shape index (κ3) is 3.91. The van der Waals surface area contributed by atoms with Crippen molar-refractivity contribution in [2.24, 2.45) is 5.92 Å². The maximum Gasteiger partial charge on any atom is 0.409 e. The first-order valence-corrected chi connectivity index (χ1v) is 7.97. The second-order valence-corrected chi connectivity index (χ2v) is 5.74. The van der Waals surface area contributed by atoms with E-state index in [9.17, 15) is 4.79 Å². The van der Waals surface area contributed by atoms with Crippen LogP contribution in [0.4, 0.5) is 10.5 Å². The largest absolute Gasteiger partial charge is 0.453 e. The fourth-order valence-corrected chi connectivity index (χ4v) is 2.90. The van der Waals surface area contributed by atoms with Crippen molar-refractivity contribution in [3.63, 3.8) is 0 Å². The predicted octanol–water partition coefficient (Wildman–Crippen LogP) is 3.31. The number of hydrogen-bond donors (Lipinski definition) is 0. The summed E-state index contributed by atoms with van der Waals surface area (Å²) in [4.78, 5) is 19.5. The second kappa shape index (κ2) is 8.03. The summed E-state index contributed by atoms with van der Waals surface area (Å²) in [5.74, 6) is 0.310. The average molecular weight is 306 g/mol. The zero-order valence-corrected chi connectivity index (χ0v) is 13.7. The second-order valence-electron chi connectivity index (χ2n) is 5.74. The van der Waals surface area contributed by atoms with E-state index in [1.165, 1.54) is 7.11 Å². The number of amides is 1. The van der Waals surface area contributed by atoms with Crippen LogP contribution in [0.5, 0.6) is 0 Å². The Labute approximate surface area is 132 Å². The lowest BCUT2D eigenvalue weighted by atomic mass is 9.93. The zero-order chi connectivity index (χ0) is 15.9. The van der Waals surface area contributed by atoms with Crippen LogP contribution in [0, 0.1) is 5.92 Å². The van der Waals surface area contributed by atoms with Gasteiger partial charge in [-0.3, -0.25) is 9.90 Å². The first-order chi connectivity index (χ1) is 10.7. The van der Waals surface area contributed by atoms with Crippen molar-refractivity contribution < 1.29 is 14.4 Å². The molecular weight excluding hydrogens is 280 g/mol. The highest BCUT2D eigenvalue weighted by molar-refractivity contribution is 5.67. The Hall–Kier alpha value is -1.75. The SMILES string of the molecule is CCCON(c1ccccc1)C1CCN(C(=O)OC)CC1C. The van der Waals surface area contributed by atoms with Crippen LogP contribution in [0.2, 0.25) is 0 Å². The van der Waals surface area contributed by atoms with Gasteiger partial charge in [-0.05, 0) is 30.9 Å². The minimum atomic E-state index is -0.244. The number of anilines is 1. The number of piperidine rings is 1. The molecule has 1 amide bonds. The molecule has 1 aromatic rings. The fourth-order valence-electron chi connectivity index (χ4n) is 2.90. The lowest BCUT2D eigenvalue weighted by molar-refractivity contribution is 0.0408. The highest BCUT2D eigenvalue weighted by Gasteiger charge is 2.33. The highest BCUT2D eigenvalue weighted by Crippen LogP contribution is 2.27. The zero-order valence-electron chi connectivity index (χ0n) is 13.7. The molecule has 1 heterocycles. The number of benzene rings is 1. The molecule has 0 bridgehead atoms. The van der Waals surface area contributed by atoms with Gasteiger partial charge >= 0.3 is 6.09 Å². The van der Waals surface area contributed by atoms with Crippen LogP contribution in [0.25, 0.3) is 0 Å². The Bertz CT molecular complexity index is 466. The Morgan fingerprint density at radius 3 is 2.68 bits per heavy atom. The van der Waals surface area contributed by atoms with Gasteiger partial charge in [-0.2, -0.15) is 0 Å². The summed E-state index contributed by atoms with van der Waals surface area (Å²) in [6.45, 7) is 6.34. The molecule has 1 aliphatic rings. The van der Waals surface area contributed by atoms with Gasteiger partial charge in [-0.15, -0.1) is 0 Å². The van der Waals surface area contributed by atoms with E-state index in [4.69, 9.17) is 9.57 Å². The van der Waals surface area contributed by atoms with Crippen molar-refractivity contribution in [3.8, 4) is 0 Å². The van der Waals surface area contributed by atoms with Gasteiger partial charge < -0.3 is 9.64 Å². The van der Waals surface area contributed by atoms with Crippen molar-refractivity contribution in [2.45, 2.75) is 32.7 Å². The molecule has 2 rings (SSSR count). The lowest BCUT2D eigenvalue weighted by Gasteiger charge is -2.42. The van der Waals surface area contributed by atoms with E-state index in [2.05, 4.69) is 26.0 Å². The van der Waals surface area contributed by atoms with Crippen LogP contribution in [0.15, 0.2) is 30.3 Å². The molecule has 1 aromatic carbocycles. The Morgan fingerprint density at radius 1 is 1.36 bits per heavy atom. The Kier molecular flexibility index (Phi) is 6.07. The Balaban J connectivity index is 2.10. The number of ether oxygens (including phenoxy) is 1. The summed E-state index contributed by atoms with van der Waals surface area (Å²) < 4.78 is 4.83. The van der Waals surface area contributed by atoms with Gasteiger partial charge in [-0.25, -0.2) is 4.79 Å². The molecule has 1 saturated heterocycles. The fraction of sp³-hybridized carbons (Fsp3) is 0.588. The predicted molar refractivity (Wildman–Crippen MR) is 86.7 cm³/mol. The molecule has 2 atom stereocenters. The van der Waals surface area contributed by atoms with Gasteiger partial charge in [0.15, 0.2) is 0 Å². The normalized spacial score (nSPS) is 21.5. The van der Waals surface area contributed by atoms with Crippen molar-refractivity contribution >= 4 is 11.8 Å². The summed E-state index contributed by atoms with van der Waals surface area (Å²) in [6.07, 6.45) is 1.60. The molecule has 5 heteroatoms. The molecule has 0 aromatic heterocycles. The minimum absolute atomic E-state index is 0.244. The third-order valence-corrected chi connectivity index (χ3v) is 4.04. The smallest absolute Gasteiger partial charge is 0.409 e. The summed E-state index contributed by atoms with van der Waals surface area (Å²) in [6, 6.07) is 10.4. The van der Waals surface area contributed by atoms with E-state index < -0.39 is 0 Å². The molecule has 122 valence electrons. The van der Waals surface area contributed by atoms with Gasteiger partial charge in [0.05, 0.1) is 25.4 Å². The van der Waals surface area contributed by atoms with Crippen LogP contribution >= 0.6 is 0 Å². The molecule has 0 N–H and O–H groups in total. The molecule has 5 nitrogen and oxygen atoms in total. The number of carbonyl (C=O) groups excluding carboxylic acids is 1. The van der Waals surface area contributed by atoms with E-state index in [1.54, 1.807) is 4.90 Å². The highest BCUT2D eigenvalue weighted by atomic mass is 16.7. The number of nitrogens with zero attached hydrogens (tertiary/aromatic N) is 2. The van der Waals surface area contributed by atoms with E-state index in [1.807, 2.05) is 23.3 Å². The topological polar surface area (TPSA) is 42.0 Å². The van der Waals surface area contributed by atoms with Crippen molar-refractivity contribution in [1.82, 2.24) is 4.90 Å². The number of methoxy groups -OCH3 is 1. The van der Waals surface area contributed by atoms with Crippen molar-refractivity contribution in [3.05, 3.63) is 30.3 Å². The van der Waals surface area contributed by atoms with Gasteiger partial charge in [0.25, 0.3) is 0 Å². The molecule has 22 heavy (non-hydrogen) atoms. The Morgan fingerprint density at radius 2 is 2.09 bits per heavy atom. The molecule has 0 spiro atoms. The first-order valence-electron chi connectivity index (χ1n) is 7.97. The van der Waals surface area contributed by atoms with E-state index in [0.29, 0.717) is 25.6 Å².